The highest BCUT2D eigenvalue weighted by molar-refractivity contribution is 5.89. The Morgan fingerprint density at radius 2 is 2.27 bits per heavy atom. The van der Waals surface area contributed by atoms with Gasteiger partial charge in [0.2, 0.25) is 5.91 Å². The van der Waals surface area contributed by atoms with E-state index in [4.69, 9.17) is 0 Å². The van der Waals surface area contributed by atoms with Crippen molar-refractivity contribution in [1.29, 1.82) is 0 Å². The topological polar surface area (TPSA) is 29.1 Å². The second-order valence-electron chi connectivity index (χ2n) is 3.27. The molecule has 0 fully saturated rings. The van der Waals surface area contributed by atoms with Crippen LogP contribution in [0.2, 0.25) is 0 Å². The minimum atomic E-state index is -0.354. The number of nitrogens with one attached hydrogen (secondary N) is 1. The van der Waals surface area contributed by atoms with Crippen molar-refractivity contribution >= 4 is 17.7 Å². The molecule has 0 radical (unpaired) electrons. The van der Waals surface area contributed by atoms with Crippen molar-refractivity contribution in [3.8, 4) is 0 Å². The number of halogens is 1. The van der Waals surface area contributed by atoms with E-state index in [1.54, 1.807) is 6.07 Å². The molecular weight excluding hydrogens is 193 g/mol. The van der Waals surface area contributed by atoms with Gasteiger partial charge in [0, 0.05) is 18.2 Å². The molecule has 0 aliphatic carbocycles. The first-order valence-corrected chi connectivity index (χ1v) is 4.81. The van der Waals surface area contributed by atoms with Crippen LogP contribution in [-0.2, 0) is 11.2 Å². The smallest absolute Gasteiger partial charge is 0.221 e. The predicted molar refractivity (Wildman–Crippen MR) is 60.2 cm³/mol. The van der Waals surface area contributed by atoms with Crippen LogP contribution in [0.4, 0.5) is 10.1 Å². The minimum absolute atomic E-state index is 0.206. The van der Waals surface area contributed by atoms with Crippen LogP contribution in [0.3, 0.4) is 0 Å². The first-order valence-electron chi connectivity index (χ1n) is 4.81. The standard InChI is InChI=1S/C12H14FNO/c1-4-9-6-10(14-8(3)15)7-12(13)11(9)5-2/h5-7H,2,4H2,1,3H3,(H,14,15). The molecule has 0 saturated heterocycles. The van der Waals surface area contributed by atoms with E-state index in [0.29, 0.717) is 17.7 Å². The van der Waals surface area contributed by atoms with Crippen molar-refractivity contribution in [2.45, 2.75) is 20.3 Å². The lowest BCUT2D eigenvalue weighted by Gasteiger charge is -2.09. The number of aryl methyl sites for hydroxylation is 1. The van der Waals surface area contributed by atoms with Gasteiger partial charge in [-0.05, 0) is 24.1 Å². The Morgan fingerprint density at radius 3 is 2.73 bits per heavy atom. The summed E-state index contributed by atoms with van der Waals surface area (Å²) in [7, 11) is 0. The third kappa shape index (κ3) is 2.65. The lowest BCUT2D eigenvalue weighted by atomic mass is 10.0. The van der Waals surface area contributed by atoms with Gasteiger partial charge >= 0.3 is 0 Å². The van der Waals surface area contributed by atoms with E-state index in [1.165, 1.54) is 19.1 Å². The number of carbonyl (C=O) groups excluding carboxylic acids is 1. The van der Waals surface area contributed by atoms with Gasteiger partial charge in [0.25, 0.3) is 0 Å². The highest BCUT2D eigenvalue weighted by atomic mass is 19.1. The lowest BCUT2D eigenvalue weighted by molar-refractivity contribution is -0.114. The second-order valence-corrected chi connectivity index (χ2v) is 3.27. The van der Waals surface area contributed by atoms with Gasteiger partial charge in [-0.15, -0.1) is 0 Å². The van der Waals surface area contributed by atoms with Crippen molar-refractivity contribution < 1.29 is 9.18 Å². The van der Waals surface area contributed by atoms with Crippen LogP contribution in [0, 0.1) is 5.82 Å². The summed E-state index contributed by atoms with van der Waals surface area (Å²) in [5.41, 5.74) is 1.84. The molecule has 0 aliphatic rings. The summed E-state index contributed by atoms with van der Waals surface area (Å²) in [6.07, 6.45) is 2.19. The molecule has 0 aliphatic heterocycles. The van der Waals surface area contributed by atoms with Gasteiger partial charge in [0.15, 0.2) is 0 Å². The molecular formula is C12H14FNO. The Kier molecular flexibility index (Phi) is 3.61. The van der Waals surface area contributed by atoms with Crippen LogP contribution < -0.4 is 5.32 Å². The van der Waals surface area contributed by atoms with Crippen LogP contribution in [0.25, 0.3) is 6.08 Å². The Balaban J connectivity index is 3.19. The fourth-order valence-electron chi connectivity index (χ4n) is 1.47. The fraction of sp³-hybridized carbons (Fsp3) is 0.250. The molecule has 1 N–H and O–H groups in total. The number of anilines is 1. The van der Waals surface area contributed by atoms with Crippen LogP contribution in [0.5, 0.6) is 0 Å². The Morgan fingerprint density at radius 1 is 1.60 bits per heavy atom. The zero-order valence-electron chi connectivity index (χ0n) is 8.93. The largest absolute Gasteiger partial charge is 0.326 e. The summed E-state index contributed by atoms with van der Waals surface area (Å²) in [5, 5.41) is 2.56. The van der Waals surface area contributed by atoms with Crippen molar-refractivity contribution in [1.82, 2.24) is 0 Å². The normalized spacial score (nSPS) is 9.80. The molecule has 0 atom stereocenters. The molecule has 80 valence electrons. The average molecular weight is 207 g/mol. The van der Waals surface area contributed by atoms with E-state index in [-0.39, 0.29) is 11.7 Å². The third-order valence-electron chi connectivity index (χ3n) is 2.12. The van der Waals surface area contributed by atoms with Crippen molar-refractivity contribution in [3.05, 3.63) is 35.7 Å². The Hall–Kier alpha value is -1.64. The zero-order chi connectivity index (χ0) is 11.4. The Bertz CT molecular complexity index is 399. The van der Waals surface area contributed by atoms with Gasteiger partial charge in [-0.25, -0.2) is 4.39 Å². The van der Waals surface area contributed by atoms with E-state index in [9.17, 15) is 9.18 Å². The summed E-state index contributed by atoms with van der Waals surface area (Å²) in [4.78, 5) is 10.8. The molecule has 0 spiro atoms. The summed E-state index contributed by atoms with van der Waals surface area (Å²) < 4.78 is 13.5. The molecule has 2 nitrogen and oxygen atoms in total. The molecule has 1 amide bonds. The van der Waals surface area contributed by atoms with E-state index in [0.717, 1.165) is 5.56 Å². The molecule has 3 heteroatoms. The van der Waals surface area contributed by atoms with Gasteiger partial charge in [0.05, 0.1) is 0 Å². The van der Waals surface area contributed by atoms with Gasteiger partial charge < -0.3 is 5.32 Å². The maximum atomic E-state index is 13.5. The summed E-state index contributed by atoms with van der Waals surface area (Å²) in [6, 6.07) is 3.07. The number of hydrogen-bond donors (Lipinski definition) is 1. The number of hydrogen-bond acceptors (Lipinski definition) is 1. The predicted octanol–water partition coefficient (Wildman–Crippen LogP) is 2.99. The molecule has 1 aromatic rings. The van der Waals surface area contributed by atoms with Gasteiger partial charge in [-0.3, -0.25) is 4.79 Å². The van der Waals surface area contributed by atoms with Gasteiger partial charge in [-0.2, -0.15) is 0 Å². The first-order chi connectivity index (χ1) is 7.08. The van der Waals surface area contributed by atoms with E-state index < -0.39 is 0 Å². The zero-order valence-corrected chi connectivity index (χ0v) is 8.93. The summed E-state index contributed by atoms with van der Waals surface area (Å²) in [5.74, 6) is -0.559. The van der Waals surface area contributed by atoms with Crippen molar-refractivity contribution in [2.75, 3.05) is 5.32 Å². The van der Waals surface area contributed by atoms with Crippen LogP contribution in [0.15, 0.2) is 18.7 Å². The maximum absolute atomic E-state index is 13.5. The van der Waals surface area contributed by atoms with E-state index in [1.807, 2.05) is 6.92 Å². The fourth-order valence-corrected chi connectivity index (χ4v) is 1.47. The monoisotopic (exact) mass is 207 g/mol. The average Bonchev–Trinajstić information content (AvgIpc) is 2.15. The van der Waals surface area contributed by atoms with Crippen LogP contribution >= 0.6 is 0 Å². The van der Waals surface area contributed by atoms with E-state index in [2.05, 4.69) is 11.9 Å². The molecule has 15 heavy (non-hydrogen) atoms. The molecule has 1 rings (SSSR count). The molecule has 0 bridgehead atoms. The maximum Gasteiger partial charge on any atom is 0.221 e. The van der Waals surface area contributed by atoms with Crippen molar-refractivity contribution in [2.24, 2.45) is 0 Å². The molecule has 0 saturated carbocycles. The minimum Gasteiger partial charge on any atom is -0.326 e. The van der Waals surface area contributed by atoms with E-state index >= 15 is 0 Å². The third-order valence-corrected chi connectivity index (χ3v) is 2.12. The quantitative estimate of drug-likeness (QED) is 0.811. The van der Waals surface area contributed by atoms with Crippen LogP contribution in [0.1, 0.15) is 25.0 Å². The molecule has 1 aromatic carbocycles. The molecule has 0 unspecified atom stereocenters. The highest BCUT2D eigenvalue weighted by Crippen LogP contribution is 2.21. The highest BCUT2D eigenvalue weighted by Gasteiger charge is 2.07. The Labute approximate surface area is 88.8 Å². The number of benzene rings is 1. The number of rotatable bonds is 3. The number of carbonyl (C=O) groups is 1. The summed E-state index contributed by atoms with van der Waals surface area (Å²) in [6.45, 7) is 6.89. The van der Waals surface area contributed by atoms with Gasteiger partial charge in [-0.1, -0.05) is 19.6 Å². The SMILES string of the molecule is C=Cc1c(F)cc(NC(C)=O)cc1CC. The lowest BCUT2D eigenvalue weighted by Crippen LogP contribution is -2.07. The number of amides is 1. The molecule has 0 aromatic heterocycles. The van der Waals surface area contributed by atoms with Crippen molar-refractivity contribution in [3.63, 3.8) is 0 Å². The van der Waals surface area contributed by atoms with Gasteiger partial charge in [0.1, 0.15) is 5.82 Å². The van der Waals surface area contributed by atoms with Crippen LogP contribution in [-0.4, -0.2) is 5.91 Å². The first kappa shape index (κ1) is 11.4. The molecule has 0 heterocycles. The second kappa shape index (κ2) is 4.73. The summed E-state index contributed by atoms with van der Waals surface area (Å²) >= 11 is 0.